The van der Waals surface area contributed by atoms with Gasteiger partial charge in [0.1, 0.15) is 17.1 Å². The molecule has 1 fully saturated rings. The largest absolute Gasteiger partial charge is 0.496 e. The Morgan fingerprint density at radius 1 is 1.39 bits per heavy atom. The van der Waals surface area contributed by atoms with E-state index in [0.717, 1.165) is 5.56 Å². The predicted octanol–water partition coefficient (Wildman–Crippen LogP) is 1.43. The number of methoxy groups -OCH3 is 1. The van der Waals surface area contributed by atoms with E-state index in [2.05, 4.69) is 4.98 Å². The lowest BCUT2D eigenvalue weighted by Crippen LogP contribution is -2.23. The Morgan fingerprint density at radius 3 is 2.70 bits per heavy atom. The fourth-order valence-electron chi connectivity index (χ4n) is 2.82. The van der Waals surface area contributed by atoms with Gasteiger partial charge in [-0.3, -0.25) is 4.79 Å². The smallest absolute Gasteiger partial charge is 0.254 e. The van der Waals surface area contributed by atoms with Crippen LogP contribution in [0.15, 0.2) is 36.4 Å². The number of carbonyl (C=O) groups excluding carboxylic acids is 1. The first-order chi connectivity index (χ1) is 11.1. The molecular weight excluding hydrogens is 294 g/mol. The van der Waals surface area contributed by atoms with Crippen molar-refractivity contribution in [2.75, 3.05) is 25.1 Å². The molecule has 1 aromatic heterocycles. The number of hydrogen-bond acceptors (Lipinski definition) is 5. The van der Waals surface area contributed by atoms with Gasteiger partial charge in [0, 0.05) is 24.7 Å². The molecule has 0 unspecified atom stereocenters. The van der Waals surface area contributed by atoms with Crippen molar-refractivity contribution < 1.29 is 14.6 Å². The lowest BCUT2D eigenvalue weighted by molar-refractivity contribution is 0.0997. The molecule has 3 N–H and O–H groups in total. The minimum absolute atomic E-state index is 0.266. The van der Waals surface area contributed by atoms with E-state index < -0.39 is 5.91 Å². The van der Waals surface area contributed by atoms with Gasteiger partial charge in [-0.15, -0.1) is 0 Å². The first-order valence-electron chi connectivity index (χ1n) is 7.47. The number of ether oxygens (including phenoxy) is 1. The molecule has 0 aliphatic carbocycles. The number of aliphatic hydroxyl groups is 1. The van der Waals surface area contributed by atoms with Crippen molar-refractivity contribution in [3.63, 3.8) is 0 Å². The van der Waals surface area contributed by atoms with E-state index in [9.17, 15) is 9.90 Å². The minimum Gasteiger partial charge on any atom is -0.496 e. The highest BCUT2D eigenvalue weighted by Gasteiger charge is 2.25. The van der Waals surface area contributed by atoms with Gasteiger partial charge in [-0.1, -0.05) is 30.3 Å². The summed E-state index contributed by atoms with van der Waals surface area (Å²) in [5, 5.41) is 9.74. The number of rotatable bonds is 4. The van der Waals surface area contributed by atoms with Crippen LogP contribution in [0.3, 0.4) is 0 Å². The van der Waals surface area contributed by atoms with E-state index in [1.54, 1.807) is 6.07 Å². The second-order valence-electron chi connectivity index (χ2n) is 5.53. The summed E-state index contributed by atoms with van der Waals surface area (Å²) in [6.07, 6.45) is 0.334. The molecule has 2 aromatic rings. The summed E-state index contributed by atoms with van der Waals surface area (Å²) in [5.74, 6) is 0.478. The predicted molar refractivity (Wildman–Crippen MR) is 87.6 cm³/mol. The standard InChI is InChI=1S/C17H19N3O3/c1-23-13-9-14(20-8-7-12(21)10-20)19-16(15(13)17(18)22)11-5-3-2-4-6-11/h2-6,9,12,21H,7-8,10H2,1H3,(H2,18,22)/t12-/m1/s1. The molecule has 2 heterocycles. The summed E-state index contributed by atoms with van der Waals surface area (Å²) in [7, 11) is 1.50. The Balaban J connectivity index is 2.16. The summed E-state index contributed by atoms with van der Waals surface area (Å²) in [6, 6.07) is 11.1. The SMILES string of the molecule is COc1cc(N2CC[C@@H](O)C2)nc(-c2ccccc2)c1C(N)=O. The number of anilines is 1. The molecule has 0 bridgehead atoms. The molecule has 3 rings (SSSR count). The zero-order chi connectivity index (χ0) is 16.4. The van der Waals surface area contributed by atoms with Crippen LogP contribution in [0, 0.1) is 0 Å². The van der Waals surface area contributed by atoms with Crippen LogP contribution in [0.1, 0.15) is 16.8 Å². The quantitative estimate of drug-likeness (QED) is 0.891. The maximum atomic E-state index is 11.9. The minimum atomic E-state index is -0.582. The van der Waals surface area contributed by atoms with Crippen molar-refractivity contribution in [2.45, 2.75) is 12.5 Å². The number of primary amides is 1. The molecule has 1 atom stereocenters. The van der Waals surface area contributed by atoms with Gasteiger partial charge in [0.2, 0.25) is 0 Å². The molecule has 0 spiro atoms. The summed E-state index contributed by atoms with van der Waals surface area (Å²) >= 11 is 0. The van der Waals surface area contributed by atoms with Crippen LogP contribution in [-0.4, -0.2) is 42.3 Å². The van der Waals surface area contributed by atoms with Crippen LogP contribution in [0.25, 0.3) is 11.3 Å². The third-order valence-corrected chi connectivity index (χ3v) is 3.97. The van der Waals surface area contributed by atoms with Crippen molar-refractivity contribution in [1.82, 2.24) is 4.98 Å². The number of pyridine rings is 1. The van der Waals surface area contributed by atoms with E-state index in [4.69, 9.17) is 10.5 Å². The van der Waals surface area contributed by atoms with E-state index >= 15 is 0 Å². The van der Waals surface area contributed by atoms with E-state index in [-0.39, 0.29) is 11.7 Å². The normalized spacial score (nSPS) is 17.3. The van der Waals surface area contributed by atoms with E-state index in [1.807, 2.05) is 35.2 Å². The summed E-state index contributed by atoms with van der Waals surface area (Å²) in [4.78, 5) is 18.5. The van der Waals surface area contributed by atoms with Crippen molar-refractivity contribution in [2.24, 2.45) is 5.73 Å². The molecule has 23 heavy (non-hydrogen) atoms. The average molecular weight is 313 g/mol. The molecule has 1 aromatic carbocycles. The first kappa shape index (κ1) is 15.3. The summed E-state index contributed by atoms with van der Waals surface area (Å²) < 4.78 is 5.37. The highest BCUT2D eigenvalue weighted by molar-refractivity contribution is 6.02. The summed E-state index contributed by atoms with van der Waals surface area (Å²) in [6.45, 7) is 1.22. The molecule has 1 aliphatic heterocycles. The molecular formula is C17H19N3O3. The molecule has 0 saturated carbocycles. The lowest BCUT2D eigenvalue weighted by Gasteiger charge is -2.20. The third-order valence-electron chi connectivity index (χ3n) is 3.97. The lowest BCUT2D eigenvalue weighted by atomic mass is 10.0. The van der Waals surface area contributed by atoms with Crippen LogP contribution < -0.4 is 15.4 Å². The molecule has 1 saturated heterocycles. The maximum absolute atomic E-state index is 11.9. The zero-order valence-corrected chi connectivity index (χ0v) is 12.9. The Hall–Kier alpha value is -2.60. The highest BCUT2D eigenvalue weighted by atomic mass is 16.5. The maximum Gasteiger partial charge on any atom is 0.254 e. The van der Waals surface area contributed by atoms with Crippen molar-refractivity contribution in [1.29, 1.82) is 0 Å². The van der Waals surface area contributed by atoms with Gasteiger partial charge in [-0.05, 0) is 6.42 Å². The van der Waals surface area contributed by atoms with Gasteiger partial charge in [0.25, 0.3) is 5.91 Å². The number of aromatic nitrogens is 1. The molecule has 1 aliphatic rings. The van der Waals surface area contributed by atoms with Crippen molar-refractivity contribution >= 4 is 11.7 Å². The fraction of sp³-hybridized carbons (Fsp3) is 0.294. The number of hydrogen-bond donors (Lipinski definition) is 2. The zero-order valence-electron chi connectivity index (χ0n) is 12.9. The topological polar surface area (TPSA) is 88.7 Å². The Kier molecular flexibility index (Phi) is 4.16. The number of benzene rings is 1. The van der Waals surface area contributed by atoms with Gasteiger partial charge < -0.3 is 20.5 Å². The second kappa shape index (κ2) is 6.26. The van der Waals surface area contributed by atoms with Crippen LogP contribution >= 0.6 is 0 Å². The number of nitrogens with zero attached hydrogens (tertiary/aromatic N) is 2. The van der Waals surface area contributed by atoms with Gasteiger partial charge in [-0.25, -0.2) is 4.98 Å². The van der Waals surface area contributed by atoms with Gasteiger partial charge in [-0.2, -0.15) is 0 Å². The van der Waals surface area contributed by atoms with Gasteiger partial charge >= 0.3 is 0 Å². The number of nitrogens with two attached hydrogens (primary N) is 1. The average Bonchev–Trinajstić information content (AvgIpc) is 3.00. The Labute approximate surface area is 134 Å². The van der Waals surface area contributed by atoms with E-state index in [0.29, 0.717) is 36.8 Å². The van der Waals surface area contributed by atoms with Gasteiger partial charge in [0.05, 0.1) is 18.9 Å². The number of carbonyl (C=O) groups is 1. The van der Waals surface area contributed by atoms with Crippen LogP contribution in [0.5, 0.6) is 5.75 Å². The molecule has 6 heteroatoms. The summed E-state index contributed by atoms with van der Waals surface area (Å²) in [5.41, 5.74) is 7.09. The van der Waals surface area contributed by atoms with Crippen molar-refractivity contribution in [3.05, 3.63) is 42.0 Å². The molecule has 6 nitrogen and oxygen atoms in total. The Morgan fingerprint density at radius 2 is 2.13 bits per heavy atom. The monoisotopic (exact) mass is 313 g/mol. The molecule has 1 amide bonds. The number of aliphatic hydroxyl groups excluding tert-OH is 1. The first-order valence-corrected chi connectivity index (χ1v) is 7.47. The Bertz CT molecular complexity index is 719. The molecule has 120 valence electrons. The molecule has 0 radical (unpaired) electrons. The number of amides is 1. The van der Waals surface area contributed by atoms with Crippen LogP contribution in [0.4, 0.5) is 5.82 Å². The number of β-amino-alcohol motifs (C(OH)–C–C–N with tert-alkyl or cyclic N) is 1. The fourth-order valence-corrected chi connectivity index (χ4v) is 2.82. The second-order valence-corrected chi connectivity index (χ2v) is 5.53. The van der Waals surface area contributed by atoms with Gasteiger partial charge in [0.15, 0.2) is 0 Å². The third kappa shape index (κ3) is 2.98. The van der Waals surface area contributed by atoms with Crippen molar-refractivity contribution in [3.8, 4) is 17.0 Å². The van der Waals surface area contributed by atoms with Crippen LogP contribution in [0.2, 0.25) is 0 Å². The van der Waals surface area contributed by atoms with E-state index in [1.165, 1.54) is 7.11 Å². The highest BCUT2D eigenvalue weighted by Crippen LogP contribution is 2.33. The van der Waals surface area contributed by atoms with Crippen LogP contribution in [-0.2, 0) is 0 Å².